The van der Waals surface area contributed by atoms with Crippen molar-refractivity contribution in [3.63, 3.8) is 0 Å². The molecular weight excluding hydrogens is 311 g/mol. The van der Waals surface area contributed by atoms with Gasteiger partial charge in [-0.05, 0) is 37.3 Å². The van der Waals surface area contributed by atoms with Gasteiger partial charge in [0.25, 0.3) is 0 Å². The number of halogens is 1. The zero-order chi connectivity index (χ0) is 16.8. The van der Waals surface area contributed by atoms with Gasteiger partial charge in [-0.15, -0.1) is 0 Å². The van der Waals surface area contributed by atoms with Crippen LogP contribution in [0.3, 0.4) is 0 Å². The van der Waals surface area contributed by atoms with Gasteiger partial charge in [-0.25, -0.2) is 14.2 Å². The molecule has 7 heteroatoms. The molecule has 0 radical (unpaired) electrons. The summed E-state index contributed by atoms with van der Waals surface area (Å²) < 4.78 is 21.0. The van der Waals surface area contributed by atoms with Gasteiger partial charge in [0.05, 0.1) is 18.6 Å². The minimum Gasteiger partial charge on any atom is -0.491 e. The molecule has 3 rings (SSSR count). The fourth-order valence-corrected chi connectivity index (χ4v) is 2.26. The zero-order valence-corrected chi connectivity index (χ0v) is 13.4. The van der Waals surface area contributed by atoms with Crippen LogP contribution in [0.15, 0.2) is 36.9 Å². The Hall–Kier alpha value is -2.57. The molecule has 1 saturated carbocycles. The van der Waals surface area contributed by atoms with E-state index in [0.29, 0.717) is 30.5 Å². The number of amides is 2. The van der Waals surface area contributed by atoms with Gasteiger partial charge in [0.1, 0.15) is 11.6 Å². The fraction of sp³-hybridized carbons (Fsp3) is 0.412. The SMILES string of the molecule is O=C(NCCCn1ccnc1)Nc1ccc(F)cc1OCC1CC1. The van der Waals surface area contributed by atoms with Gasteiger partial charge >= 0.3 is 6.03 Å². The molecule has 6 nitrogen and oxygen atoms in total. The average Bonchev–Trinajstić information content (AvgIpc) is 3.25. The number of benzene rings is 1. The Morgan fingerprint density at radius 2 is 2.29 bits per heavy atom. The van der Waals surface area contributed by atoms with Crippen LogP contribution in [-0.2, 0) is 6.54 Å². The highest BCUT2D eigenvalue weighted by Gasteiger charge is 2.22. The molecule has 24 heavy (non-hydrogen) atoms. The van der Waals surface area contributed by atoms with E-state index in [-0.39, 0.29) is 11.8 Å². The first kappa shape index (κ1) is 16.3. The van der Waals surface area contributed by atoms with Crippen molar-refractivity contribution in [1.82, 2.24) is 14.9 Å². The van der Waals surface area contributed by atoms with Crippen molar-refractivity contribution < 1.29 is 13.9 Å². The Morgan fingerprint density at radius 3 is 3.04 bits per heavy atom. The van der Waals surface area contributed by atoms with Gasteiger partial charge < -0.3 is 19.9 Å². The summed E-state index contributed by atoms with van der Waals surface area (Å²) in [6.45, 7) is 1.88. The number of ether oxygens (including phenoxy) is 1. The molecule has 0 aliphatic heterocycles. The number of anilines is 1. The number of carbonyl (C=O) groups excluding carboxylic acids is 1. The van der Waals surface area contributed by atoms with Gasteiger partial charge in [-0.3, -0.25) is 0 Å². The van der Waals surface area contributed by atoms with E-state index in [1.807, 2.05) is 10.8 Å². The Morgan fingerprint density at radius 1 is 1.42 bits per heavy atom. The van der Waals surface area contributed by atoms with Crippen molar-refractivity contribution in [2.75, 3.05) is 18.5 Å². The molecule has 1 aliphatic rings. The van der Waals surface area contributed by atoms with E-state index in [1.54, 1.807) is 12.5 Å². The number of nitrogens with zero attached hydrogens (tertiary/aromatic N) is 2. The molecule has 0 atom stereocenters. The maximum atomic E-state index is 13.4. The van der Waals surface area contributed by atoms with Gasteiger partial charge in [-0.2, -0.15) is 0 Å². The van der Waals surface area contributed by atoms with Crippen molar-refractivity contribution in [1.29, 1.82) is 0 Å². The summed E-state index contributed by atoms with van der Waals surface area (Å²) in [4.78, 5) is 15.9. The minimum atomic E-state index is -0.382. The Kier molecular flexibility index (Phi) is 5.30. The number of aromatic nitrogens is 2. The lowest BCUT2D eigenvalue weighted by molar-refractivity contribution is 0.251. The molecule has 1 aromatic heterocycles. The van der Waals surface area contributed by atoms with Crippen LogP contribution in [0.1, 0.15) is 19.3 Å². The second-order valence-corrected chi connectivity index (χ2v) is 5.93. The van der Waals surface area contributed by atoms with Crippen LogP contribution in [0, 0.1) is 11.7 Å². The smallest absolute Gasteiger partial charge is 0.319 e. The summed E-state index contributed by atoms with van der Waals surface area (Å²) in [7, 11) is 0. The number of aryl methyl sites for hydroxylation is 1. The number of nitrogens with one attached hydrogen (secondary N) is 2. The maximum absolute atomic E-state index is 13.4. The molecule has 2 amide bonds. The first-order valence-electron chi connectivity index (χ1n) is 8.13. The summed E-state index contributed by atoms with van der Waals surface area (Å²) in [5.74, 6) is 0.542. The van der Waals surface area contributed by atoms with Crippen LogP contribution in [-0.4, -0.2) is 28.7 Å². The second-order valence-electron chi connectivity index (χ2n) is 5.93. The summed E-state index contributed by atoms with van der Waals surface area (Å²) in [6.07, 6.45) is 8.42. The van der Waals surface area contributed by atoms with E-state index < -0.39 is 0 Å². The first-order chi connectivity index (χ1) is 11.7. The largest absolute Gasteiger partial charge is 0.491 e. The number of urea groups is 1. The molecule has 2 N–H and O–H groups in total. The normalized spacial score (nSPS) is 13.5. The van der Waals surface area contributed by atoms with Crippen LogP contribution in [0.5, 0.6) is 5.75 Å². The molecular formula is C17H21FN4O2. The molecule has 1 aromatic carbocycles. The van der Waals surface area contributed by atoms with E-state index in [9.17, 15) is 9.18 Å². The van der Waals surface area contributed by atoms with Crippen molar-refractivity contribution in [3.8, 4) is 5.75 Å². The molecule has 1 aliphatic carbocycles. The van der Waals surface area contributed by atoms with Crippen molar-refractivity contribution in [2.24, 2.45) is 5.92 Å². The van der Waals surface area contributed by atoms with Crippen LogP contribution in [0.2, 0.25) is 0 Å². The lowest BCUT2D eigenvalue weighted by Crippen LogP contribution is -2.30. The third-order valence-corrected chi connectivity index (χ3v) is 3.80. The quantitative estimate of drug-likeness (QED) is 0.730. The van der Waals surface area contributed by atoms with Crippen molar-refractivity contribution in [3.05, 3.63) is 42.7 Å². The molecule has 0 saturated heterocycles. The van der Waals surface area contributed by atoms with Crippen LogP contribution >= 0.6 is 0 Å². The van der Waals surface area contributed by atoms with E-state index in [2.05, 4.69) is 15.6 Å². The third kappa shape index (κ3) is 4.97. The first-order valence-corrected chi connectivity index (χ1v) is 8.13. The van der Waals surface area contributed by atoms with Crippen LogP contribution < -0.4 is 15.4 Å². The number of carbonyl (C=O) groups is 1. The molecule has 1 heterocycles. The highest BCUT2D eigenvalue weighted by Crippen LogP contribution is 2.32. The molecule has 128 valence electrons. The highest BCUT2D eigenvalue weighted by molar-refractivity contribution is 5.90. The highest BCUT2D eigenvalue weighted by atomic mass is 19.1. The predicted molar refractivity (Wildman–Crippen MR) is 88.5 cm³/mol. The van der Waals surface area contributed by atoms with E-state index >= 15 is 0 Å². The van der Waals surface area contributed by atoms with Crippen LogP contribution in [0.4, 0.5) is 14.9 Å². The summed E-state index contributed by atoms with van der Waals surface area (Å²) in [6, 6.07) is 3.79. The van der Waals surface area contributed by atoms with Gasteiger partial charge in [0.15, 0.2) is 0 Å². The topological polar surface area (TPSA) is 68.2 Å². The van der Waals surface area contributed by atoms with Gasteiger partial charge in [-0.1, -0.05) is 0 Å². The fourth-order valence-electron chi connectivity index (χ4n) is 2.26. The predicted octanol–water partition coefficient (Wildman–Crippen LogP) is 3.02. The molecule has 2 aromatic rings. The lowest BCUT2D eigenvalue weighted by atomic mass is 10.3. The molecule has 0 unspecified atom stereocenters. The minimum absolute atomic E-state index is 0.330. The Bertz CT molecular complexity index is 671. The summed E-state index contributed by atoms with van der Waals surface area (Å²) in [5.41, 5.74) is 0.476. The van der Waals surface area contributed by atoms with E-state index in [0.717, 1.165) is 25.8 Å². The molecule has 0 bridgehead atoms. The Labute approximate surface area is 140 Å². The number of rotatable bonds is 8. The standard InChI is InChI=1S/C17H21FN4O2/c18-14-4-5-15(16(10-14)24-11-13-2-3-13)21-17(23)20-6-1-8-22-9-7-19-12-22/h4-5,7,9-10,12-13H,1-3,6,8,11H2,(H2,20,21,23). The van der Waals surface area contributed by atoms with E-state index in [1.165, 1.54) is 18.2 Å². The van der Waals surface area contributed by atoms with Gasteiger partial charge in [0.2, 0.25) is 0 Å². The number of hydrogen-bond donors (Lipinski definition) is 2. The maximum Gasteiger partial charge on any atom is 0.319 e. The third-order valence-electron chi connectivity index (χ3n) is 3.80. The average molecular weight is 332 g/mol. The molecule has 1 fully saturated rings. The summed E-state index contributed by atoms with van der Waals surface area (Å²) in [5, 5.41) is 5.49. The van der Waals surface area contributed by atoms with E-state index in [4.69, 9.17) is 4.74 Å². The van der Waals surface area contributed by atoms with Crippen LogP contribution in [0.25, 0.3) is 0 Å². The Balaban J connectivity index is 1.45. The number of hydrogen-bond acceptors (Lipinski definition) is 3. The molecule has 0 spiro atoms. The number of imidazole rings is 1. The lowest BCUT2D eigenvalue weighted by Gasteiger charge is -2.13. The second kappa shape index (κ2) is 7.81. The summed E-state index contributed by atoms with van der Waals surface area (Å²) >= 11 is 0. The monoisotopic (exact) mass is 332 g/mol. The van der Waals surface area contributed by atoms with Crippen molar-refractivity contribution >= 4 is 11.7 Å². The van der Waals surface area contributed by atoms with Crippen molar-refractivity contribution in [2.45, 2.75) is 25.8 Å². The van der Waals surface area contributed by atoms with Gasteiger partial charge in [0, 0.05) is 31.5 Å². The zero-order valence-electron chi connectivity index (χ0n) is 13.4.